The topological polar surface area (TPSA) is 67.4 Å². The van der Waals surface area contributed by atoms with Crippen LogP contribution in [0.4, 0.5) is 0 Å². The van der Waals surface area contributed by atoms with Gasteiger partial charge in [-0.1, -0.05) is 50.8 Å². The fourth-order valence-corrected chi connectivity index (χ4v) is 5.02. The Morgan fingerprint density at radius 1 is 1.17 bits per heavy atom. The van der Waals surface area contributed by atoms with Gasteiger partial charge in [0.25, 0.3) is 5.91 Å². The van der Waals surface area contributed by atoms with Crippen LogP contribution in [-0.2, 0) is 9.53 Å². The number of rotatable bonds is 9. The maximum Gasteiger partial charge on any atom is 0.262 e. The summed E-state index contributed by atoms with van der Waals surface area (Å²) >= 11 is 1.47. The third kappa shape index (κ3) is 5.37. The molecule has 1 aliphatic carbocycles. The predicted octanol–water partition coefficient (Wildman–Crippen LogP) is 4.66. The Kier molecular flexibility index (Phi) is 7.67. The minimum absolute atomic E-state index is 0.0209. The first-order chi connectivity index (χ1) is 14.1. The van der Waals surface area contributed by atoms with E-state index in [0.717, 1.165) is 42.2 Å². The summed E-state index contributed by atoms with van der Waals surface area (Å²) in [6, 6.07) is 9.87. The van der Waals surface area contributed by atoms with Crippen molar-refractivity contribution in [1.82, 2.24) is 10.6 Å². The van der Waals surface area contributed by atoms with E-state index in [-0.39, 0.29) is 17.9 Å². The van der Waals surface area contributed by atoms with Gasteiger partial charge in [-0.25, -0.2) is 0 Å². The molecular formula is C23H32N2O3S. The number of benzene rings is 1. The standard InChI is InChI=1S/C23H32N2O3S/c1-3-10-18(16-28-4-2)24-22(27)23(13-8-5-9-14-23)25-21(26)20-15-17-11-6-7-12-19(17)29-20/h6-7,11-12,15,18H,3-5,8-10,13-14,16H2,1-2H3,(H,24,27)(H,25,26)/t18-/m0/s1. The van der Waals surface area contributed by atoms with Gasteiger partial charge in [0, 0.05) is 11.3 Å². The second-order valence-electron chi connectivity index (χ2n) is 7.86. The highest BCUT2D eigenvalue weighted by molar-refractivity contribution is 7.20. The molecular weight excluding hydrogens is 384 g/mol. The molecule has 0 unspecified atom stereocenters. The molecule has 0 bridgehead atoms. The molecule has 158 valence electrons. The van der Waals surface area contributed by atoms with Gasteiger partial charge in [0.1, 0.15) is 5.54 Å². The maximum atomic E-state index is 13.3. The molecule has 29 heavy (non-hydrogen) atoms. The first-order valence-corrected chi connectivity index (χ1v) is 11.6. The van der Waals surface area contributed by atoms with Crippen LogP contribution in [-0.4, -0.2) is 36.6 Å². The zero-order valence-electron chi connectivity index (χ0n) is 17.5. The molecule has 1 saturated carbocycles. The van der Waals surface area contributed by atoms with Crippen molar-refractivity contribution in [1.29, 1.82) is 0 Å². The van der Waals surface area contributed by atoms with Gasteiger partial charge in [0.05, 0.1) is 17.5 Å². The largest absolute Gasteiger partial charge is 0.380 e. The minimum atomic E-state index is -0.830. The molecule has 5 nitrogen and oxygen atoms in total. The smallest absolute Gasteiger partial charge is 0.262 e. The SMILES string of the molecule is CCC[C@@H](COCC)NC(=O)C1(NC(=O)c2cc3ccccc3s2)CCCCC1. The number of fused-ring (bicyclic) bond motifs is 1. The lowest BCUT2D eigenvalue weighted by Gasteiger charge is -2.37. The van der Waals surface area contributed by atoms with Gasteiger partial charge in [-0.2, -0.15) is 0 Å². The van der Waals surface area contributed by atoms with Crippen molar-refractivity contribution in [2.24, 2.45) is 0 Å². The van der Waals surface area contributed by atoms with E-state index in [4.69, 9.17) is 4.74 Å². The molecule has 2 amide bonds. The highest BCUT2D eigenvalue weighted by Gasteiger charge is 2.41. The molecule has 1 heterocycles. The summed E-state index contributed by atoms with van der Waals surface area (Å²) in [4.78, 5) is 27.1. The third-order valence-corrected chi connectivity index (χ3v) is 6.75. The monoisotopic (exact) mass is 416 g/mol. The van der Waals surface area contributed by atoms with Crippen LogP contribution >= 0.6 is 11.3 Å². The Labute approximate surface area is 177 Å². The summed E-state index contributed by atoms with van der Waals surface area (Å²) in [6.07, 6.45) is 6.20. The molecule has 1 aliphatic rings. The molecule has 0 spiro atoms. The molecule has 0 aliphatic heterocycles. The summed E-state index contributed by atoms with van der Waals surface area (Å²) in [5.74, 6) is -0.218. The summed E-state index contributed by atoms with van der Waals surface area (Å²) in [6.45, 7) is 5.20. The van der Waals surface area contributed by atoms with Crippen LogP contribution in [0.5, 0.6) is 0 Å². The Hall–Kier alpha value is -1.92. The number of carbonyl (C=O) groups excluding carboxylic acids is 2. The first kappa shape index (κ1) is 21.8. The van der Waals surface area contributed by atoms with Gasteiger partial charge in [-0.3, -0.25) is 9.59 Å². The van der Waals surface area contributed by atoms with Gasteiger partial charge in [0.2, 0.25) is 5.91 Å². The molecule has 1 aromatic heterocycles. The predicted molar refractivity (Wildman–Crippen MR) is 118 cm³/mol. The highest BCUT2D eigenvalue weighted by Crippen LogP contribution is 2.31. The van der Waals surface area contributed by atoms with Crippen molar-refractivity contribution in [2.45, 2.75) is 70.4 Å². The van der Waals surface area contributed by atoms with Gasteiger partial charge < -0.3 is 15.4 Å². The van der Waals surface area contributed by atoms with Crippen molar-refractivity contribution in [2.75, 3.05) is 13.2 Å². The number of amides is 2. The van der Waals surface area contributed by atoms with E-state index >= 15 is 0 Å². The second kappa shape index (κ2) is 10.2. The van der Waals surface area contributed by atoms with Crippen LogP contribution in [0.2, 0.25) is 0 Å². The molecule has 2 aromatic rings. The van der Waals surface area contributed by atoms with Gasteiger partial charge in [-0.05, 0) is 43.7 Å². The van der Waals surface area contributed by atoms with Gasteiger partial charge in [-0.15, -0.1) is 11.3 Å². The van der Waals surface area contributed by atoms with Crippen LogP contribution < -0.4 is 10.6 Å². The van der Waals surface area contributed by atoms with E-state index < -0.39 is 5.54 Å². The van der Waals surface area contributed by atoms with Crippen molar-refractivity contribution in [3.63, 3.8) is 0 Å². The average Bonchev–Trinajstić information content (AvgIpc) is 3.17. The Bertz CT molecular complexity index is 793. The number of nitrogens with one attached hydrogen (secondary N) is 2. The summed E-state index contributed by atoms with van der Waals surface area (Å²) in [5.41, 5.74) is -0.830. The van der Waals surface area contributed by atoms with Crippen LogP contribution in [0, 0.1) is 0 Å². The van der Waals surface area contributed by atoms with Crippen LogP contribution in [0.15, 0.2) is 30.3 Å². The Balaban J connectivity index is 1.76. The van der Waals surface area contributed by atoms with Crippen molar-refractivity contribution in [3.8, 4) is 0 Å². The molecule has 1 fully saturated rings. The average molecular weight is 417 g/mol. The lowest BCUT2D eigenvalue weighted by molar-refractivity contribution is -0.130. The van der Waals surface area contributed by atoms with Crippen molar-refractivity contribution < 1.29 is 14.3 Å². The van der Waals surface area contributed by atoms with E-state index in [1.807, 2.05) is 37.3 Å². The number of hydrogen-bond acceptors (Lipinski definition) is 4. The van der Waals surface area contributed by atoms with E-state index in [2.05, 4.69) is 17.6 Å². The molecule has 0 radical (unpaired) electrons. The Morgan fingerprint density at radius 3 is 2.62 bits per heavy atom. The third-order valence-electron chi connectivity index (χ3n) is 5.64. The van der Waals surface area contributed by atoms with E-state index in [1.54, 1.807) is 0 Å². The van der Waals surface area contributed by atoms with E-state index in [0.29, 0.717) is 30.9 Å². The van der Waals surface area contributed by atoms with Crippen molar-refractivity contribution >= 4 is 33.2 Å². The summed E-state index contributed by atoms with van der Waals surface area (Å²) in [5, 5.41) is 7.36. The van der Waals surface area contributed by atoms with Gasteiger partial charge >= 0.3 is 0 Å². The van der Waals surface area contributed by atoms with Crippen LogP contribution in [0.3, 0.4) is 0 Å². The quantitative estimate of drug-likeness (QED) is 0.625. The summed E-state index contributed by atoms with van der Waals surface area (Å²) < 4.78 is 6.64. The molecule has 1 aromatic carbocycles. The second-order valence-corrected chi connectivity index (χ2v) is 8.95. The lowest BCUT2D eigenvalue weighted by Crippen LogP contribution is -2.61. The minimum Gasteiger partial charge on any atom is -0.380 e. The molecule has 0 saturated heterocycles. The number of carbonyl (C=O) groups is 2. The maximum absolute atomic E-state index is 13.3. The molecule has 3 rings (SSSR count). The van der Waals surface area contributed by atoms with Crippen LogP contribution in [0.1, 0.15) is 68.5 Å². The van der Waals surface area contributed by atoms with Gasteiger partial charge in [0.15, 0.2) is 0 Å². The molecule has 2 N–H and O–H groups in total. The van der Waals surface area contributed by atoms with Crippen LogP contribution in [0.25, 0.3) is 10.1 Å². The summed E-state index contributed by atoms with van der Waals surface area (Å²) in [7, 11) is 0. The highest BCUT2D eigenvalue weighted by atomic mass is 32.1. The zero-order valence-corrected chi connectivity index (χ0v) is 18.3. The zero-order chi connectivity index (χ0) is 20.7. The lowest BCUT2D eigenvalue weighted by atomic mass is 9.80. The normalized spacial score (nSPS) is 17.0. The number of ether oxygens (including phenoxy) is 1. The van der Waals surface area contributed by atoms with Crippen molar-refractivity contribution in [3.05, 3.63) is 35.2 Å². The fourth-order valence-electron chi connectivity index (χ4n) is 4.07. The molecule has 6 heteroatoms. The number of thiophene rings is 1. The molecule has 1 atom stereocenters. The fraction of sp³-hybridized carbons (Fsp3) is 0.565. The Morgan fingerprint density at radius 2 is 1.93 bits per heavy atom. The van der Waals surface area contributed by atoms with E-state index in [9.17, 15) is 9.59 Å². The van der Waals surface area contributed by atoms with E-state index in [1.165, 1.54) is 11.3 Å². The number of hydrogen-bond donors (Lipinski definition) is 2. The first-order valence-electron chi connectivity index (χ1n) is 10.8.